The molecule has 0 bridgehead atoms. The van der Waals surface area contributed by atoms with Gasteiger partial charge in [-0.05, 0) is 37.6 Å². The standard InChI is InChI=1S/C14H17FN2O3S/c1-9-6-12(15)13(16)7-14(9)21(18,19)17(3)8-11-4-5-20-10(11)2/h4-7H,8,16H2,1-3H3. The first-order chi connectivity index (χ1) is 9.73. The van der Waals surface area contributed by atoms with Crippen LogP contribution in [0.2, 0.25) is 0 Å². The lowest BCUT2D eigenvalue weighted by Crippen LogP contribution is -2.27. The van der Waals surface area contributed by atoms with E-state index >= 15 is 0 Å². The lowest BCUT2D eigenvalue weighted by atomic mass is 10.2. The zero-order valence-electron chi connectivity index (χ0n) is 12.1. The quantitative estimate of drug-likeness (QED) is 0.880. The first-order valence-electron chi connectivity index (χ1n) is 6.28. The summed E-state index contributed by atoms with van der Waals surface area (Å²) in [6, 6.07) is 3.99. The Bertz CT molecular complexity index is 769. The van der Waals surface area contributed by atoms with E-state index in [9.17, 15) is 12.8 Å². The molecule has 0 saturated carbocycles. The lowest BCUT2D eigenvalue weighted by molar-refractivity contribution is 0.458. The van der Waals surface area contributed by atoms with Gasteiger partial charge in [0.1, 0.15) is 11.6 Å². The van der Waals surface area contributed by atoms with Gasteiger partial charge in [0, 0.05) is 19.2 Å². The number of nitrogens with two attached hydrogens (primary N) is 1. The van der Waals surface area contributed by atoms with E-state index in [1.165, 1.54) is 24.5 Å². The molecule has 0 radical (unpaired) electrons. The average Bonchev–Trinajstić information content (AvgIpc) is 2.79. The number of anilines is 1. The summed E-state index contributed by atoms with van der Waals surface area (Å²) in [5.74, 6) is 0.0344. The molecule has 21 heavy (non-hydrogen) atoms. The summed E-state index contributed by atoms with van der Waals surface area (Å²) in [6.07, 6.45) is 1.51. The molecule has 5 nitrogen and oxygen atoms in total. The van der Waals surface area contributed by atoms with Crippen LogP contribution in [0, 0.1) is 19.7 Å². The van der Waals surface area contributed by atoms with Crippen molar-refractivity contribution in [3.8, 4) is 0 Å². The molecule has 0 aliphatic carbocycles. The second-order valence-electron chi connectivity index (χ2n) is 4.90. The third kappa shape index (κ3) is 2.93. The van der Waals surface area contributed by atoms with Crippen molar-refractivity contribution in [2.45, 2.75) is 25.3 Å². The third-order valence-electron chi connectivity index (χ3n) is 3.34. The van der Waals surface area contributed by atoms with E-state index in [4.69, 9.17) is 10.2 Å². The Balaban J connectivity index is 2.38. The van der Waals surface area contributed by atoms with E-state index in [1.54, 1.807) is 13.0 Å². The molecule has 2 rings (SSSR count). The second kappa shape index (κ2) is 5.50. The number of furan rings is 1. The van der Waals surface area contributed by atoms with Crippen LogP contribution >= 0.6 is 0 Å². The van der Waals surface area contributed by atoms with E-state index in [-0.39, 0.29) is 17.1 Å². The summed E-state index contributed by atoms with van der Waals surface area (Å²) in [6.45, 7) is 3.46. The van der Waals surface area contributed by atoms with Gasteiger partial charge < -0.3 is 10.2 Å². The predicted molar refractivity (Wildman–Crippen MR) is 77.6 cm³/mol. The largest absolute Gasteiger partial charge is 0.469 e. The Kier molecular flexibility index (Phi) is 4.06. The maximum absolute atomic E-state index is 13.4. The molecule has 0 aliphatic heterocycles. The fraction of sp³-hybridized carbons (Fsp3) is 0.286. The summed E-state index contributed by atoms with van der Waals surface area (Å²) in [5.41, 5.74) is 6.37. The number of benzene rings is 1. The molecule has 0 aliphatic rings. The number of hydrogen-bond donors (Lipinski definition) is 1. The number of rotatable bonds is 4. The number of nitrogen functional groups attached to an aromatic ring is 1. The van der Waals surface area contributed by atoms with Crippen LogP contribution < -0.4 is 5.73 Å². The Morgan fingerprint density at radius 2 is 2.00 bits per heavy atom. The smallest absolute Gasteiger partial charge is 0.243 e. The van der Waals surface area contributed by atoms with Crippen LogP contribution in [0.4, 0.5) is 10.1 Å². The summed E-state index contributed by atoms with van der Waals surface area (Å²) in [5, 5.41) is 0. The number of nitrogens with zero attached hydrogens (tertiary/aromatic N) is 1. The minimum atomic E-state index is -3.76. The van der Waals surface area contributed by atoms with Gasteiger partial charge in [-0.2, -0.15) is 4.31 Å². The fourth-order valence-corrected chi connectivity index (χ4v) is 3.40. The number of halogens is 1. The second-order valence-corrected chi connectivity index (χ2v) is 6.92. The molecule has 0 amide bonds. The van der Waals surface area contributed by atoms with Gasteiger partial charge in [0.25, 0.3) is 0 Å². The molecule has 1 aromatic heterocycles. The van der Waals surface area contributed by atoms with Gasteiger partial charge in [0.15, 0.2) is 0 Å². The first-order valence-corrected chi connectivity index (χ1v) is 7.72. The maximum atomic E-state index is 13.4. The molecular weight excluding hydrogens is 295 g/mol. The van der Waals surface area contributed by atoms with E-state index in [2.05, 4.69) is 0 Å². The molecule has 1 aromatic carbocycles. The van der Waals surface area contributed by atoms with Gasteiger partial charge in [-0.25, -0.2) is 12.8 Å². The zero-order valence-corrected chi connectivity index (χ0v) is 12.9. The fourth-order valence-electron chi connectivity index (χ4n) is 2.01. The molecule has 0 atom stereocenters. The van der Waals surface area contributed by atoms with Crippen molar-refractivity contribution in [3.63, 3.8) is 0 Å². The maximum Gasteiger partial charge on any atom is 0.243 e. The SMILES string of the molecule is Cc1cc(F)c(N)cc1S(=O)(=O)N(C)Cc1ccoc1C. The van der Waals surface area contributed by atoms with Crippen molar-refractivity contribution in [2.24, 2.45) is 0 Å². The van der Waals surface area contributed by atoms with Crippen LogP contribution in [0.5, 0.6) is 0 Å². The summed E-state index contributed by atoms with van der Waals surface area (Å²) in [4.78, 5) is 0.00467. The van der Waals surface area contributed by atoms with Crippen LogP contribution in [0.1, 0.15) is 16.9 Å². The lowest BCUT2D eigenvalue weighted by Gasteiger charge is -2.18. The minimum absolute atomic E-state index is 0.00467. The molecule has 0 saturated heterocycles. The van der Waals surface area contributed by atoms with Gasteiger partial charge in [-0.15, -0.1) is 0 Å². The highest BCUT2D eigenvalue weighted by Gasteiger charge is 2.25. The van der Waals surface area contributed by atoms with E-state index < -0.39 is 15.8 Å². The molecule has 0 spiro atoms. The van der Waals surface area contributed by atoms with Gasteiger partial charge in [0.05, 0.1) is 16.8 Å². The molecule has 0 unspecified atom stereocenters. The number of hydrogen-bond acceptors (Lipinski definition) is 4. The van der Waals surface area contributed by atoms with Crippen molar-refractivity contribution < 1.29 is 17.2 Å². The average molecular weight is 312 g/mol. The Morgan fingerprint density at radius 1 is 1.33 bits per heavy atom. The first kappa shape index (κ1) is 15.5. The molecular formula is C14H17FN2O3S. The molecule has 114 valence electrons. The Morgan fingerprint density at radius 3 is 2.57 bits per heavy atom. The molecule has 2 aromatic rings. The van der Waals surface area contributed by atoms with E-state index in [0.717, 1.165) is 17.7 Å². The summed E-state index contributed by atoms with van der Waals surface area (Å²) >= 11 is 0. The third-order valence-corrected chi connectivity index (χ3v) is 5.29. The predicted octanol–water partition coefficient (Wildman–Crippen LogP) is 2.44. The van der Waals surface area contributed by atoms with Crippen molar-refractivity contribution in [3.05, 3.63) is 47.2 Å². The van der Waals surface area contributed by atoms with Crippen molar-refractivity contribution in [1.82, 2.24) is 4.31 Å². The molecule has 2 N–H and O–H groups in total. The highest BCUT2D eigenvalue weighted by Crippen LogP contribution is 2.25. The number of sulfonamides is 1. The topological polar surface area (TPSA) is 76.5 Å². The van der Waals surface area contributed by atoms with Gasteiger partial charge in [-0.1, -0.05) is 0 Å². The van der Waals surface area contributed by atoms with E-state index in [0.29, 0.717) is 11.3 Å². The molecule has 7 heteroatoms. The van der Waals surface area contributed by atoms with Crippen molar-refractivity contribution in [1.29, 1.82) is 0 Å². The zero-order chi connectivity index (χ0) is 15.8. The van der Waals surface area contributed by atoms with Crippen molar-refractivity contribution >= 4 is 15.7 Å². The Hall–Kier alpha value is -1.86. The van der Waals surface area contributed by atoms with Gasteiger partial charge in [0.2, 0.25) is 10.0 Å². The minimum Gasteiger partial charge on any atom is -0.469 e. The highest BCUT2D eigenvalue weighted by molar-refractivity contribution is 7.89. The van der Waals surface area contributed by atoms with Gasteiger partial charge >= 0.3 is 0 Å². The van der Waals surface area contributed by atoms with Crippen LogP contribution in [0.3, 0.4) is 0 Å². The monoisotopic (exact) mass is 312 g/mol. The van der Waals surface area contributed by atoms with Crippen molar-refractivity contribution in [2.75, 3.05) is 12.8 Å². The normalized spacial score (nSPS) is 12.0. The molecule has 0 fully saturated rings. The van der Waals surface area contributed by atoms with Crippen LogP contribution in [-0.2, 0) is 16.6 Å². The summed E-state index contributed by atoms with van der Waals surface area (Å²) < 4.78 is 44.8. The molecule has 1 heterocycles. The van der Waals surface area contributed by atoms with Crippen LogP contribution in [0.25, 0.3) is 0 Å². The summed E-state index contributed by atoms with van der Waals surface area (Å²) in [7, 11) is -2.30. The Labute approximate surface area is 123 Å². The highest BCUT2D eigenvalue weighted by atomic mass is 32.2. The van der Waals surface area contributed by atoms with Crippen LogP contribution in [0.15, 0.2) is 33.8 Å². The van der Waals surface area contributed by atoms with Crippen LogP contribution in [-0.4, -0.2) is 19.8 Å². The van der Waals surface area contributed by atoms with Gasteiger partial charge in [-0.3, -0.25) is 0 Å². The van der Waals surface area contributed by atoms with E-state index in [1.807, 2.05) is 0 Å². The number of aryl methyl sites for hydroxylation is 2.